The van der Waals surface area contributed by atoms with Crippen LogP contribution in [-0.2, 0) is 17.9 Å². The number of benzene rings is 2. The fourth-order valence-electron chi connectivity index (χ4n) is 3.28. The number of carbonyl (C=O) groups is 2. The molecule has 3 rings (SSSR count). The average molecular weight is 400 g/mol. The number of carboxylic acids is 1. The summed E-state index contributed by atoms with van der Waals surface area (Å²) in [7, 11) is 0. The first-order valence-electron chi connectivity index (χ1n) is 9.74. The minimum Gasteiger partial charge on any atom is -0.493 e. The predicted octanol–water partition coefficient (Wildman–Crippen LogP) is 3.21. The summed E-state index contributed by atoms with van der Waals surface area (Å²) in [6.45, 7) is 2.13. The van der Waals surface area contributed by atoms with E-state index in [1.165, 1.54) is 18.2 Å². The van der Waals surface area contributed by atoms with Crippen LogP contribution in [0, 0.1) is 5.82 Å². The highest BCUT2D eigenvalue weighted by atomic mass is 19.1. The molecule has 1 aliphatic heterocycles. The number of nitrogens with one attached hydrogen (secondary N) is 1. The summed E-state index contributed by atoms with van der Waals surface area (Å²) < 4.78 is 19.1. The van der Waals surface area contributed by atoms with E-state index in [1.54, 1.807) is 24.3 Å². The molecular weight excluding hydrogens is 375 g/mol. The smallest absolute Gasteiger partial charge is 0.335 e. The Balaban J connectivity index is 1.87. The quantitative estimate of drug-likeness (QED) is 0.827. The molecular formula is C22H25FN2O4. The number of amides is 1. The highest BCUT2D eigenvalue weighted by Gasteiger charge is 2.17. The van der Waals surface area contributed by atoms with E-state index in [0.717, 1.165) is 30.4 Å². The van der Waals surface area contributed by atoms with Crippen molar-refractivity contribution in [2.75, 3.05) is 19.7 Å². The molecule has 2 N–H and O–H groups in total. The van der Waals surface area contributed by atoms with Crippen molar-refractivity contribution in [1.82, 2.24) is 10.2 Å². The van der Waals surface area contributed by atoms with Crippen molar-refractivity contribution in [3.05, 3.63) is 65.0 Å². The van der Waals surface area contributed by atoms with E-state index >= 15 is 0 Å². The fraction of sp³-hybridized carbons (Fsp3) is 0.364. The number of rotatable bonds is 3. The van der Waals surface area contributed by atoms with E-state index < -0.39 is 5.97 Å². The zero-order valence-corrected chi connectivity index (χ0v) is 16.2. The van der Waals surface area contributed by atoms with Crippen LogP contribution in [0.2, 0.25) is 0 Å². The molecule has 0 atom stereocenters. The summed E-state index contributed by atoms with van der Waals surface area (Å²) in [5, 5.41) is 12.2. The maximum atomic E-state index is 13.2. The number of nitrogens with zero attached hydrogens (tertiary/aromatic N) is 1. The molecule has 1 aliphatic rings. The first-order chi connectivity index (χ1) is 14.0. The number of carboxylic acid groups (broad SMARTS) is 1. The molecule has 0 unspecified atom stereocenters. The molecule has 154 valence electrons. The maximum Gasteiger partial charge on any atom is 0.335 e. The number of aromatic carboxylic acids is 1. The van der Waals surface area contributed by atoms with Gasteiger partial charge in [0.1, 0.15) is 11.6 Å². The van der Waals surface area contributed by atoms with E-state index in [-0.39, 0.29) is 23.8 Å². The first kappa shape index (κ1) is 20.8. The van der Waals surface area contributed by atoms with Crippen LogP contribution in [0.25, 0.3) is 0 Å². The van der Waals surface area contributed by atoms with Gasteiger partial charge in [-0.2, -0.15) is 0 Å². The van der Waals surface area contributed by atoms with E-state index in [1.807, 2.05) is 4.90 Å². The van der Waals surface area contributed by atoms with Crippen molar-refractivity contribution >= 4 is 11.9 Å². The zero-order valence-electron chi connectivity index (χ0n) is 16.2. The lowest BCUT2D eigenvalue weighted by molar-refractivity contribution is -0.122. The van der Waals surface area contributed by atoms with Crippen molar-refractivity contribution < 1.29 is 23.8 Å². The Labute approximate surface area is 169 Å². The zero-order chi connectivity index (χ0) is 20.6. The Hall–Kier alpha value is -2.93. The third kappa shape index (κ3) is 6.29. The summed E-state index contributed by atoms with van der Waals surface area (Å²) >= 11 is 0. The molecule has 0 spiro atoms. The number of fused-ring (bicyclic) bond motifs is 1. The largest absolute Gasteiger partial charge is 0.493 e. The number of halogens is 1. The lowest BCUT2D eigenvalue weighted by atomic mass is 10.1. The maximum absolute atomic E-state index is 13.2. The molecule has 0 saturated carbocycles. The minimum atomic E-state index is -1.01. The van der Waals surface area contributed by atoms with Crippen molar-refractivity contribution in [3.8, 4) is 5.75 Å². The second-order valence-corrected chi connectivity index (χ2v) is 7.16. The Morgan fingerprint density at radius 3 is 2.66 bits per heavy atom. The van der Waals surface area contributed by atoms with Crippen molar-refractivity contribution in [2.45, 2.75) is 32.4 Å². The van der Waals surface area contributed by atoms with Gasteiger partial charge in [0.15, 0.2) is 0 Å². The first-order valence-corrected chi connectivity index (χ1v) is 9.74. The van der Waals surface area contributed by atoms with Gasteiger partial charge in [-0.05, 0) is 49.1 Å². The Kier molecular flexibility index (Phi) is 7.19. The highest BCUT2D eigenvalue weighted by Crippen LogP contribution is 2.24. The topological polar surface area (TPSA) is 78.9 Å². The van der Waals surface area contributed by atoms with Crippen LogP contribution in [0.3, 0.4) is 0 Å². The van der Waals surface area contributed by atoms with Crippen LogP contribution in [0.5, 0.6) is 5.75 Å². The van der Waals surface area contributed by atoms with Gasteiger partial charge in [0, 0.05) is 25.2 Å². The van der Waals surface area contributed by atoms with Gasteiger partial charge in [-0.25, -0.2) is 9.18 Å². The third-order valence-corrected chi connectivity index (χ3v) is 4.80. The molecule has 0 aromatic heterocycles. The van der Waals surface area contributed by atoms with Crippen molar-refractivity contribution in [3.63, 3.8) is 0 Å². The normalized spacial score (nSPS) is 16.4. The van der Waals surface area contributed by atoms with Gasteiger partial charge in [-0.15, -0.1) is 0 Å². The second kappa shape index (κ2) is 10.0. The second-order valence-electron chi connectivity index (χ2n) is 7.16. The standard InChI is InChI=1S/C22H25FN2O4/c23-19-8-4-16(5-9-19)13-25-14-18-7-6-17(22(27)28)12-20(18)29-11-3-1-2-10-24-21(26)15-25/h4-9,12H,1-3,10-11,13-15H2,(H,24,26)(H,27,28). The SMILES string of the molecule is O=C1CN(Cc2ccc(F)cc2)Cc2ccc(C(=O)O)cc2OCCCCCN1. The Bertz CT molecular complexity index is 854. The predicted molar refractivity (Wildman–Crippen MR) is 106 cm³/mol. The van der Waals surface area contributed by atoms with Gasteiger partial charge < -0.3 is 15.2 Å². The number of hydrogen-bond donors (Lipinski definition) is 2. The molecule has 0 bridgehead atoms. The van der Waals surface area contributed by atoms with Gasteiger partial charge in [0.25, 0.3) is 0 Å². The summed E-state index contributed by atoms with van der Waals surface area (Å²) in [6, 6.07) is 11.0. The summed E-state index contributed by atoms with van der Waals surface area (Å²) in [4.78, 5) is 25.6. The van der Waals surface area contributed by atoms with Crippen LogP contribution < -0.4 is 10.1 Å². The Morgan fingerprint density at radius 1 is 1.10 bits per heavy atom. The van der Waals surface area contributed by atoms with Gasteiger partial charge in [-0.1, -0.05) is 18.2 Å². The molecule has 0 saturated heterocycles. The number of ether oxygens (including phenoxy) is 1. The van der Waals surface area contributed by atoms with Crippen LogP contribution in [0.4, 0.5) is 4.39 Å². The molecule has 0 radical (unpaired) electrons. The van der Waals surface area contributed by atoms with Gasteiger partial charge in [0.05, 0.1) is 18.7 Å². The molecule has 29 heavy (non-hydrogen) atoms. The van der Waals surface area contributed by atoms with Gasteiger partial charge >= 0.3 is 5.97 Å². The summed E-state index contributed by atoms with van der Waals surface area (Å²) in [5.41, 5.74) is 1.85. The molecule has 1 amide bonds. The lowest BCUT2D eigenvalue weighted by Crippen LogP contribution is -2.37. The van der Waals surface area contributed by atoms with E-state index in [0.29, 0.717) is 32.0 Å². The monoisotopic (exact) mass is 400 g/mol. The molecule has 7 heteroatoms. The van der Waals surface area contributed by atoms with Gasteiger partial charge in [-0.3, -0.25) is 9.69 Å². The third-order valence-electron chi connectivity index (χ3n) is 4.80. The number of carbonyl (C=O) groups excluding carboxylic acids is 1. The van der Waals surface area contributed by atoms with Crippen LogP contribution in [0.15, 0.2) is 42.5 Å². The fourth-order valence-corrected chi connectivity index (χ4v) is 3.28. The van der Waals surface area contributed by atoms with Crippen molar-refractivity contribution in [1.29, 1.82) is 0 Å². The van der Waals surface area contributed by atoms with E-state index in [2.05, 4.69) is 5.32 Å². The van der Waals surface area contributed by atoms with E-state index in [9.17, 15) is 19.1 Å². The lowest BCUT2D eigenvalue weighted by Gasteiger charge is -2.23. The average Bonchev–Trinajstić information content (AvgIpc) is 2.70. The highest BCUT2D eigenvalue weighted by molar-refractivity contribution is 5.88. The molecule has 6 nitrogen and oxygen atoms in total. The molecule has 1 heterocycles. The number of hydrogen-bond acceptors (Lipinski definition) is 4. The van der Waals surface area contributed by atoms with E-state index in [4.69, 9.17) is 4.74 Å². The van der Waals surface area contributed by atoms with Crippen LogP contribution in [-0.4, -0.2) is 41.6 Å². The Morgan fingerprint density at radius 2 is 1.90 bits per heavy atom. The van der Waals surface area contributed by atoms with Crippen LogP contribution >= 0.6 is 0 Å². The summed E-state index contributed by atoms with van der Waals surface area (Å²) in [6.07, 6.45) is 2.59. The molecule has 0 aliphatic carbocycles. The molecule has 0 fully saturated rings. The van der Waals surface area contributed by atoms with Crippen molar-refractivity contribution in [2.24, 2.45) is 0 Å². The summed E-state index contributed by atoms with van der Waals surface area (Å²) in [5.74, 6) is -0.872. The minimum absolute atomic E-state index is 0.0732. The van der Waals surface area contributed by atoms with Crippen LogP contribution in [0.1, 0.15) is 40.7 Å². The van der Waals surface area contributed by atoms with Gasteiger partial charge in [0.2, 0.25) is 5.91 Å². The molecule has 2 aromatic rings. The molecule has 2 aromatic carbocycles.